The van der Waals surface area contributed by atoms with Crippen molar-refractivity contribution < 1.29 is 18.0 Å². The fourth-order valence-corrected chi connectivity index (χ4v) is 2.44. The average Bonchev–Trinajstić information content (AvgIpc) is 2.38. The van der Waals surface area contributed by atoms with Crippen LogP contribution in [0.1, 0.15) is 5.56 Å². The van der Waals surface area contributed by atoms with Crippen molar-refractivity contribution in [3.05, 3.63) is 62.8 Å². The number of hydrogen-bond donors (Lipinski definition) is 1. The van der Waals surface area contributed by atoms with Gasteiger partial charge in [0.25, 0.3) is 0 Å². The third-order valence-corrected chi connectivity index (χ3v) is 3.65. The SMILES string of the molecule is O=C(Cc1c(F)cccc1Cl)Nc1c(F)cc(F)cc1Br. The Balaban J connectivity index is 2.20. The number of nitrogens with one attached hydrogen (secondary N) is 1. The summed E-state index contributed by atoms with van der Waals surface area (Å²) in [7, 11) is 0. The molecule has 1 amide bonds. The van der Waals surface area contributed by atoms with Crippen molar-refractivity contribution in [3.63, 3.8) is 0 Å². The van der Waals surface area contributed by atoms with E-state index in [2.05, 4.69) is 21.2 Å². The molecule has 0 aliphatic rings. The molecular weight excluding hydrogens is 371 g/mol. The van der Waals surface area contributed by atoms with Crippen LogP contribution in [0.25, 0.3) is 0 Å². The second-order valence-corrected chi connectivity index (χ2v) is 5.43. The van der Waals surface area contributed by atoms with Gasteiger partial charge in [-0.1, -0.05) is 17.7 Å². The van der Waals surface area contributed by atoms with Gasteiger partial charge in [-0.2, -0.15) is 0 Å². The molecule has 7 heteroatoms. The molecule has 21 heavy (non-hydrogen) atoms. The Kier molecular flexibility index (Phi) is 4.90. The first-order valence-electron chi connectivity index (χ1n) is 5.75. The van der Waals surface area contributed by atoms with Gasteiger partial charge >= 0.3 is 0 Å². The number of benzene rings is 2. The summed E-state index contributed by atoms with van der Waals surface area (Å²) in [5.74, 6) is -3.02. The normalized spacial score (nSPS) is 10.5. The maximum absolute atomic E-state index is 13.6. The van der Waals surface area contributed by atoms with Gasteiger partial charge in [0.05, 0.1) is 12.1 Å². The van der Waals surface area contributed by atoms with Crippen molar-refractivity contribution in [1.82, 2.24) is 0 Å². The summed E-state index contributed by atoms with van der Waals surface area (Å²) in [5.41, 5.74) is -0.204. The minimum atomic E-state index is -0.935. The number of carbonyl (C=O) groups excluding carboxylic acids is 1. The van der Waals surface area contributed by atoms with E-state index in [0.717, 1.165) is 6.07 Å². The first-order valence-corrected chi connectivity index (χ1v) is 6.93. The lowest BCUT2D eigenvalue weighted by Gasteiger charge is -2.10. The molecule has 1 N–H and O–H groups in total. The van der Waals surface area contributed by atoms with Crippen molar-refractivity contribution >= 4 is 39.1 Å². The number of rotatable bonds is 3. The largest absolute Gasteiger partial charge is 0.322 e. The van der Waals surface area contributed by atoms with Crippen molar-refractivity contribution in [3.8, 4) is 0 Å². The topological polar surface area (TPSA) is 29.1 Å². The maximum Gasteiger partial charge on any atom is 0.229 e. The summed E-state index contributed by atoms with van der Waals surface area (Å²) < 4.78 is 40.1. The molecular formula is C14H8BrClF3NO. The molecule has 0 aliphatic heterocycles. The second-order valence-electron chi connectivity index (χ2n) is 4.17. The van der Waals surface area contributed by atoms with E-state index in [9.17, 15) is 18.0 Å². The van der Waals surface area contributed by atoms with Crippen LogP contribution >= 0.6 is 27.5 Å². The molecule has 2 aromatic rings. The Labute approximate surface area is 132 Å². The molecule has 0 bridgehead atoms. The highest BCUT2D eigenvalue weighted by molar-refractivity contribution is 9.10. The van der Waals surface area contributed by atoms with E-state index in [1.54, 1.807) is 0 Å². The molecule has 0 fully saturated rings. The van der Waals surface area contributed by atoms with E-state index in [0.29, 0.717) is 6.07 Å². The minimum absolute atomic E-state index is 0.00955. The molecule has 0 saturated heterocycles. The Bertz CT molecular complexity index is 665. The Morgan fingerprint density at radius 1 is 1.19 bits per heavy atom. The van der Waals surface area contributed by atoms with Gasteiger partial charge in [0.15, 0.2) is 5.82 Å². The van der Waals surface area contributed by atoms with Crippen LogP contribution in [-0.4, -0.2) is 5.91 Å². The van der Waals surface area contributed by atoms with E-state index in [4.69, 9.17) is 11.6 Å². The van der Waals surface area contributed by atoms with Crippen LogP contribution in [0.15, 0.2) is 34.8 Å². The highest BCUT2D eigenvalue weighted by Crippen LogP contribution is 2.27. The highest BCUT2D eigenvalue weighted by Gasteiger charge is 2.16. The zero-order chi connectivity index (χ0) is 15.6. The van der Waals surface area contributed by atoms with Gasteiger partial charge in [-0.05, 0) is 34.1 Å². The molecule has 0 unspecified atom stereocenters. The summed E-state index contributed by atoms with van der Waals surface area (Å²) >= 11 is 8.75. The number of amides is 1. The van der Waals surface area contributed by atoms with E-state index >= 15 is 0 Å². The third kappa shape index (κ3) is 3.77. The summed E-state index contributed by atoms with van der Waals surface area (Å²) in [6.07, 6.45) is -0.366. The second kappa shape index (κ2) is 6.49. The Morgan fingerprint density at radius 2 is 1.90 bits per heavy atom. The van der Waals surface area contributed by atoms with Crippen LogP contribution in [-0.2, 0) is 11.2 Å². The maximum atomic E-state index is 13.6. The van der Waals surface area contributed by atoms with Gasteiger partial charge in [0.1, 0.15) is 11.6 Å². The van der Waals surface area contributed by atoms with Gasteiger partial charge in [0.2, 0.25) is 5.91 Å². The summed E-state index contributed by atoms with van der Waals surface area (Å²) in [6, 6.07) is 5.67. The van der Waals surface area contributed by atoms with Crippen molar-refractivity contribution in [1.29, 1.82) is 0 Å². The van der Waals surface area contributed by atoms with Crippen LogP contribution in [0.2, 0.25) is 5.02 Å². The van der Waals surface area contributed by atoms with Crippen LogP contribution in [0.4, 0.5) is 18.9 Å². The average molecular weight is 379 g/mol. The fraction of sp³-hybridized carbons (Fsp3) is 0.0714. The molecule has 2 rings (SSSR count). The van der Waals surface area contributed by atoms with Crippen LogP contribution < -0.4 is 5.32 Å². The summed E-state index contributed by atoms with van der Waals surface area (Å²) in [5, 5.41) is 2.36. The van der Waals surface area contributed by atoms with Gasteiger partial charge in [-0.15, -0.1) is 0 Å². The first kappa shape index (κ1) is 15.9. The van der Waals surface area contributed by atoms with Crippen molar-refractivity contribution in [2.45, 2.75) is 6.42 Å². The zero-order valence-electron chi connectivity index (χ0n) is 10.4. The van der Waals surface area contributed by atoms with Crippen molar-refractivity contribution in [2.24, 2.45) is 0 Å². The molecule has 0 heterocycles. The minimum Gasteiger partial charge on any atom is -0.322 e. The molecule has 0 radical (unpaired) electrons. The lowest BCUT2D eigenvalue weighted by molar-refractivity contribution is -0.115. The number of halogens is 5. The third-order valence-electron chi connectivity index (χ3n) is 2.67. The predicted octanol–water partition coefficient (Wildman–Crippen LogP) is 4.70. The molecule has 2 nitrogen and oxygen atoms in total. The monoisotopic (exact) mass is 377 g/mol. The molecule has 0 saturated carbocycles. The number of carbonyl (C=O) groups is 1. The van der Waals surface area contributed by atoms with Crippen LogP contribution in [0.5, 0.6) is 0 Å². The van der Waals surface area contributed by atoms with E-state index in [-0.39, 0.29) is 27.2 Å². The van der Waals surface area contributed by atoms with E-state index < -0.39 is 23.4 Å². The van der Waals surface area contributed by atoms with Gasteiger partial charge in [-0.25, -0.2) is 13.2 Å². The number of anilines is 1. The molecule has 0 aliphatic carbocycles. The Morgan fingerprint density at radius 3 is 2.52 bits per heavy atom. The van der Waals surface area contributed by atoms with Crippen molar-refractivity contribution in [2.75, 3.05) is 5.32 Å². The lowest BCUT2D eigenvalue weighted by Crippen LogP contribution is -2.17. The standard InChI is InChI=1S/C14H8BrClF3NO/c15-9-4-7(17)5-12(19)14(9)20-13(21)6-8-10(16)2-1-3-11(8)18/h1-5H,6H2,(H,20,21). The quantitative estimate of drug-likeness (QED) is 0.824. The smallest absolute Gasteiger partial charge is 0.229 e. The highest BCUT2D eigenvalue weighted by atomic mass is 79.9. The Hall–Kier alpha value is -1.53. The predicted molar refractivity (Wildman–Crippen MR) is 77.8 cm³/mol. The molecule has 110 valence electrons. The molecule has 0 atom stereocenters. The van der Waals surface area contributed by atoms with Gasteiger partial charge in [0, 0.05) is 21.1 Å². The molecule has 2 aromatic carbocycles. The lowest BCUT2D eigenvalue weighted by atomic mass is 10.1. The van der Waals surface area contributed by atoms with Gasteiger partial charge in [-0.3, -0.25) is 4.79 Å². The summed E-state index contributed by atoms with van der Waals surface area (Å²) in [4.78, 5) is 11.9. The van der Waals surface area contributed by atoms with Gasteiger partial charge < -0.3 is 5.32 Å². The molecule has 0 aromatic heterocycles. The van der Waals surface area contributed by atoms with Crippen LogP contribution in [0, 0.1) is 17.5 Å². The first-order chi connectivity index (χ1) is 9.88. The van der Waals surface area contributed by atoms with E-state index in [1.807, 2.05) is 0 Å². The summed E-state index contributed by atoms with van der Waals surface area (Å²) in [6.45, 7) is 0. The van der Waals surface area contributed by atoms with Crippen LogP contribution in [0.3, 0.4) is 0 Å². The number of hydrogen-bond acceptors (Lipinski definition) is 1. The molecule has 0 spiro atoms. The fourth-order valence-electron chi connectivity index (χ4n) is 1.71. The zero-order valence-corrected chi connectivity index (χ0v) is 12.7. The van der Waals surface area contributed by atoms with E-state index in [1.165, 1.54) is 18.2 Å².